The summed E-state index contributed by atoms with van der Waals surface area (Å²) in [6.45, 7) is 5.11. The molecule has 0 bridgehead atoms. The number of amides is 1. The molecule has 0 spiro atoms. The molecule has 5 rings (SSSR count). The van der Waals surface area contributed by atoms with Crippen molar-refractivity contribution in [1.82, 2.24) is 29.6 Å². The van der Waals surface area contributed by atoms with Gasteiger partial charge in [0, 0.05) is 41.4 Å². The molecule has 0 saturated carbocycles. The molecular formula is C24H23ClN6O2S2. The van der Waals surface area contributed by atoms with Gasteiger partial charge in [0.15, 0.2) is 11.0 Å². The topological polar surface area (TPSA) is 86.0 Å². The van der Waals surface area contributed by atoms with Gasteiger partial charge in [-0.15, -0.1) is 21.5 Å². The first-order chi connectivity index (χ1) is 17.0. The van der Waals surface area contributed by atoms with Gasteiger partial charge in [-0.3, -0.25) is 14.3 Å². The van der Waals surface area contributed by atoms with Gasteiger partial charge in [-0.25, -0.2) is 4.98 Å². The monoisotopic (exact) mass is 526 g/mol. The zero-order valence-corrected chi connectivity index (χ0v) is 21.6. The summed E-state index contributed by atoms with van der Waals surface area (Å²) in [5, 5.41) is 12.9. The van der Waals surface area contributed by atoms with Gasteiger partial charge >= 0.3 is 0 Å². The summed E-state index contributed by atoms with van der Waals surface area (Å²) < 4.78 is 7.70. The highest BCUT2D eigenvalue weighted by Gasteiger charge is 2.28. The van der Waals surface area contributed by atoms with Crippen LogP contribution in [0.5, 0.6) is 0 Å². The van der Waals surface area contributed by atoms with Crippen molar-refractivity contribution in [3.8, 4) is 17.1 Å². The molecule has 4 aromatic rings. The van der Waals surface area contributed by atoms with Gasteiger partial charge in [-0.05, 0) is 44.2 Å². The summed E-state index contributed by atoms with van der Waals surface area (Å²) in [4.78, 5) is 23.6. The number of aromatic nitrogens is 5. The first kappa shape index (κ1) is 23.9. The van der Waals surface area contributed by atoms with Crippen LogP contribution in [0.2, 0.25) is 5.02 Å². The van der Waals surface area contributed by atoms with Crippen LogP contribution >= 0.6 is 34.7 Å². The number of ether oxygens (including phenoxy) is 1. The molecule has 0 radical (unpaired) electrons. The molecule has 1 aliphatic rings. The predicted molar refractivity (Wildman–Crippen MR) is 137 cm³/mol. The van der Waals surface area contributed by atoms with E-state index in [0.717, 1.165) is 16.3 Å². The number of hydrogen-bond acceptors (Lipinski definition) is 8. The van der Waals surface area contributed by atoms with E-state index < -0.39 is 0 Å². The van der Waals surface area contributed by atoms with Crippen LogP contribution in [0.4, 0.5) is 0 Å². The number of benzene rings is 1. The van der Waals surface area contributed by atoms with Gasteiger partial charge < -0.3 is 9.64 Å². The number of thiazole rings is 1. The molecule has 4 heterocycles. The molecule has 180 valence electrons. The zero-order valence-electron chi connectivity index (χ0n) is 19.2. The second kappa shape index (κ2) is 10.4. The molecule has 1 aliphatic heterocycles. The summed E-state index contributed by atoms with van der Waals surface area (Å²) in [5.41, 5.74) is 2.18. The van der Waals surface area contributed by atoms with Gasteiger partial charge in [0.1, 0.15) is 10.7 Å². The minimum atomic E-state index is -0.0551. The number of halogens is 1. The first-order valence-corrected chi connectivity index (χ1v) is 13.4. The second-order valence-corrected chi connectivity index (χ2v) is 10.6. The molecule has 1 saturated heterocycles. The van der Waals surface area contributed by atoms with Crippen LogP contribution in [0.1, 0.15) is 29.3 Å². The van der Waals surface area contributed by atoms with Gasteiger partial charge in [0.2, 0.25) is 0 Å². The highest BCUT2D eigenvalue weighted by atomic mass is 35.5. The van der Waals surface area contributed by atoms with E-state index >= 15 is 0 Å². The van der Waals surface area contributed by atoms with Crippen molar-refractivity contribution in [2.24, 2.45) is 0 Å². The van der Waals surface area contributed by atoms with Crippen molar-refractivity contribution in [2.45, 2.75) is 37.0 Å². The van der Waals surface area contributed by atoms with Gasteiger partial charge in [0.25, 0.3) is 5.91 Å². The molecule has 35 heavy (non-hydrogen) atoms. The number of carbonyl (C=O) groups is 1. The quantitative estimate of drug-likeness (QED) is 0.327. The van der Waals surface area contributed by atoms with E-state index in [-0.39, 0.29) is 18.1 Å². The lowest BCUT2D eigenvalue weighted by atomic mass is 10.2. The third-order valence-electron chi connectivity index (χ3n) is 5.42. The lowest BCUT2D eigenvalue weighted by Gasteiger charge is -2.34. The number of rotatable bonds is 6. The summed E-state index contributed by atoms with van der Waals surface area (Å²) in [5.74, 6) is 1.17. The fourth-order valence-electron chi connectivity index (χ4n) is 4.00. The Kier molecular flexibility index (Phi) is 7.14. The normalized spacial score (nSPS) is 18.1. The number of pyridine rings is 1. The Bertz CT molecular complexity index is 1320. The molecule has 0 N–H and O–H groups in total. The Morgan fingerprint density at radius 1 is 1.20 bits per heavy atom. The molecule has 0 aliphatic carbocycles. The average molecular weight is 527 g/mol. The predicted octanol–water partition coefficient (Wildman–Crippen LogP) is 4.98. The molecule has 2 atom stereocenters. The molecule has 1 amide bonds. The van der Waals surface area contributed by atoms with Crippen LogP contribution in [0.15, 0.2) is 59.3 Å². The Labute approximate surface area is 216 Å². The second-order valence-electron chi connectivity index (χ2n) is 8.25. The fraction of sp³-hybridized carbons (Fsp3) is 0.292. The van der Waals surface area contributed by atoms with E-state index in [0.29, 0.717) is 40.5 Å². The van der Waals surface area contributed by atoms with Crippen molar-refractivity contribution in [3.63, 3.8) is 0 Å². The SMILES string of the molecule is CC1CN(C(=O)c2csc(CSc3nnc(-c4cccnc4)n3-c3cccc(Cl)c3)n2)CC(C)O1. The smallest absolute Gasteiger partial charge is 0.273 e. The third kappa shape index (κ3) is 5.40. The van der Waals surface area contributed by atoms with Gasteiger partial charge in [0.05, 0.1) is 23.6 Å². The molecule has 3 aromatic heterocycles. The molecule has 2 unspecified atom stereocenters. The first-order valence-electron chi connectivity index (χ1n) is 11.1. The van der Waals surface area contributed by atoms with Crippen molar-refractivity contribution < 1.29 is 9.53 Å². The lowest BCUT2D eigenvalue weighted by Crippen LogP contribution is -2.48. The Balaban J connectivity index is 1.37. The van der Waals surface area contributed by atoms with Gasteiger partial charge in [-0.2, -0.15) is 0 Å². The van der Waals surface area contributed by atoms with E-state index in [1.165, 1.54) is 23.1 Å². The number of nitrogens with zero attached hydrogens (tertiary/aromatic N) is 6. The molecule has 1 fully saturated rings. The molecular weight excluding hydrogens is 504 g/mol. The van der Waals surface area contributed by atoms with E-state index in [9.17, 15) is 4.79 Å². The Morgan fingerprint density at radius 2 is 2.03 bits per heavy atom. The Morgan fingerprint density at radius 3 is 2.77 bits per heavy atom. The average Bonchev–Trinajstić information content (AvgIpc) is 3.49. The summed E-state index contributed by atoms with van der Waals surface area (Å²) >= 11 is 9.25. The van der Waals surface area contributed by atoms with E-state index in [1.807, 2.05) is 65.1 Å². The minimum absolute atomic E-state index is 0.0169. The van der Waals surface area contributed by atoms with E-state index in [1.54, 1.807) is 12.4 Å². The largest absolute Gasteiger partial charge is 0.372 e. The van der Waals surface area contributed by atoms with Crippen molar-refractivity contribution >= 4 is 40.6 Å². The van der Waals surface area contributed by atoms with E-state index in [2.05, 4.69) is 20.2 Å². The van der Waals surface area contributed by atoms with Crippen molar-refractivity contribution in [3.05, 3.63) is 69.9 Å². The minimum Gasteiger partial charge on any atom is -0.372 e. The Hall–Kier alpha value is -2.79. The number of thioether (sulfide) groups is 1. The molecule has 11 heteroatoms. The maximum Gasteiger partial charge on any atom is 0.273 e. The summed E-state index contributed by atoms with van der Waals surface area (Å²) in [6, 6.07) is 11.4. The molecule has 8 nitrogen and oxygen atoms in total. The van der Waals surface area contributed by atoms with Crippen LogP contribution in [0.25, 0.3) is 17.1 Å². The summed E-state index contributed by atoms with van der Waals surface area (Å²) in [6.07, 6.45) is 3.51. The fourth-order valence-corrected chi connectivity index (χ4v) is 5.92. The number of morpholine rings is 1. The van der Waals surface area contributed by atoms with Crippen LogP contribution in [0, 0.1) is 0 Å². The summed E-state index contributed by atoms with van der Waals surface area (Å²) in [7, 11) is 0. The van der Waals surface area contributed by atoms with Crippen LogP contribution in [-0.4, -0.2) is 60.8 Å². The third-order valence-corrected chi connectivity index (χ3v) is 7.63. The van der Waals surface area contributed by atoms with Crippen LogP contribution in [-0.2, 0) is 10.5 Å². The highest BCUT2D eigenvalue weighted by Crippen LogP contribution is 2.31. The number of hydrogen-bond donors (Lipinski definition) is 0. The highest BCUT2D eigenvalue weighted by molar-refractivity contribution is 7.98. The van der Waals surface area contributed by atoms with Gasteiger partial charge in [-0.1, -0.05) is 29.4 Å². The van der Waals surface area contributed by atoms with Crippen LogP contribution < -0.4 is 0 Å². The zero-order chi connectivity index (χ0) is 24.4. The standard InChI is InChI=1S/C24H23ClN6O2S2/c1-15-11-30(12-16(2)33-15)23(32)20-13-34-21(27-20)14-35-24-29-28-22(17-5-4-8-26-10-17)31(24)19-7-3-6-18(25)9-19/h3-10,13,15-16H,11-12,14H2,1-2H3. The molecule has 1 aromatic carbocycles. The van der Waals surface area contributed by atoms with Crippen LogP contribution in [0.3, 0.4) is 0 Å². The number of carbonyl (C=O) groups excluding carboxylic acids is 1. The van der Waals surface area contributed by atoms with Crippen molar-refractivity contribution in [1.29, 1.82) is 0 Å². The maximum atomic E-state index is 13.0. The maximum absolute atomic E-state index is 13.0. The lowest BCUT2D eigenvalue weighted by molar-refractivity contribution is -0.0587. The van der Waals surface area contributed by atoms with E-state index in [4.69, 9.17) is 16.3 Å². The van der Waals surface area contributed by atoms with Crippen molar-refractivity contribution in [2.75, 3.05) is 13.1 Å².